The van der Waals surface area contributed by atoms with Crippen LogP contribution in [-0.2, 0) is 24.4 Å². The Kier molecular flexibility index (Phi) is 5.79. The monoisotopic (exact) mass is 421 g/mol. The van der Waals surface area contributed by atoms with E-state index < -0.39 is 17.1 Å². The molecule has 8 heteroatoms. The van der Waals surface area contributed by atoms with Crippen molar-refractivity contribution in [3.8, 4) is 0 Å². The molecule has 0 radical (unpaired) electrons. The zero-order valence-electron chi connectivity index (χ0n) is 16.6. The average Bonchev–Trinajstić information content (AvgIpc) is 3.29. The molecule has 1 amide bonds. The first-order valence-electron chi connectivity index (χ1n) is 9.79. The van der Waals surface area contributed by atoms with E-state index in [1.165, 1.54) is 23.0 Å². The van der Waals surface area contributed by atoms with Crippen molar-refractivity contribution in [1.29, 1.82) is 0 Å². The van der Waals surface area contributed by atoms with Crippen LogP contribution in [0.15, 0.2) is 80.9 Å². The zero-order chi connectivity index (χ0) is 21.8. The Morgan fingerprint density at radius 3 is 2.61 bits per heavy atom. The van der Waals surface area contributed by atoms with Gasteiger partial charge in [-0.15, -0.1) is 0 Å². The predicted molar refractivity (Wildman–Crippen MR) is 113 cm³/mol. The topological polar surface area (TPSA) is 86.2 Å². The summed E-state index contributed by atoms with van der Waals surface area (Å²) in [5.74, 6) is -0.113. The summed E-state index contributed by atoms with van der Waals surface area (Å²) in [6, 6.07) is 16.2. The van der Waals surface area contributed by atoms with Crippen molar-refractivity contribution in [2.45, 2.75) is 26.1 Å². The zero-order valence-corrected chi connectivity index (χ0v) is 16.6. The summed E-state index contributed by atoms with van der Waals surface area (Å²) < 4.78 is 21.3. The number of amides is 1. The highest BCUT2D eigenvalue weighted by atomic mass is 19.1. The third kappa shape index (κ3) is 4.48. The Morgan fingerprint density at radius 1 is 1.00 bits per heavy atom. The number of benzene rings is 2. The molecule has 2 aromatic heterocycles. The van der Waals surface area contributed by atoms with E-state index in [0.717, 1.165) is 4.57 Å². The summed E-state index contributed by atoms with van der Waals surface area (Å²) in [6.07, 6.45) is 1.46. The van der Waals surface area contributed by atoms with Crippen LogP contribution in [0.3, 0.4) is 0 Å². The van der Waals surface area contributed by atoms with Crippen LogP contribution in [0.1, 0.15) is 17.7 Å². The van der Waals surface area contributed by atoms with Gasteiger partial charge in [-0.05, 0) is 42.0 Å². The Morgan fingerprint density at radius 2 is 1.84 bits per heavy atom. The Hall–Kier alpha value is -3.94. The number of hydrogen-bond donors (Lipinski definition) is 1. The summed E-state index contributed by atoms with van der Waals surface area (Å²) in [5, 5.41) is 3.05. The molecule has 0 saturated heterocycles. The van der Waals surface area contributed by atoms with Gasteiger partial charge in [0.2, 0.25) is 5.91 Å². The van der Waals surface area contributed by atoms with Crippen LogP contribution in [0.5, 0.6) is 0 Å². The van der Waals surface area contributed by atoms with Crippen LogP contribution >= 0.6 is 0 Å². The Balaban J connectivity index is 1.63. The molecular weight excluding hydrogens is 401 g/mol. The maximum absolute atomic E-state index is 13.6. The normalized spacial score (nSPS) is 11.0. The lowest BCUT2D eigenvalue weighted by molar-refractivity contribution is -0.121. The molecule has 0 aliphatic rings. The van der Waals surface area contributed by atoms with Crippen LogP contribution in [0.2, 0.25) is 0 Å². The van der Waals surface area contributed by atoms with Crippen LogP contribution in [0.4, 0.5) is 4.39 Å². The van der Waals surface area contributed by atoms with Crippen molar-refractivity contribution in [2.24, 2.45) is 0 Å². The second-order valence-electron chi connectivity index (χ2n) is 7.08. The number of carbonyl (C=O) groups excluding carboxylic acids is 1. The minimum Gasteiger partial charge on any atom is -0.467 e. The van der Waals surface area contributed by atoms with Gasteiger partial charge in [0, 0.05) is 13.0 Å². The first-order chi connectivity index (χ1) is 15.0. The Bertz CT molecular complexity index is 1340. The molecule has 0 aliphatic carbocycles. The number of nitrogens with one attached hydrogen (secondary N) is 1. The summed E-state index contributed by atoms with van der Waals surface area (Å²) in [4.78, 5) is 38.2. The highest BCUT2D eigenvalue weighted by Crippen LogP contribution is 2.11. The van der Waals surface area contributed by atoms with Gasteiger partial charge in [0.25, 0.3) is 5.56 Å². The van der Waals surface area contributed by atoms with Gasteiger partial charge >= 0.3 is 5.69 Å². The number of fused-ring (bicyclic) bond motifs is 1. The first-order valence-corrected chi connectivity index (χ1v) is 9.79. The van der Waals surface area contributed by atoms with Crippen LogP contribution < -0.4 is 16.6 Å². The van der Waals surface area contributed by atoms with Crippen LogP contribution in [-0.4, -0.2) is 15.0 Å². The Labute approximate surface area is 176 Å². The number of para-hydroxylation sites is 1. The van der Waals surface area contributed by atoms with Gasteiger partial charge in [-0.25, -0.2) is 9.18 Å². The van der Waals surface area contributed by atoms with Crippen molar-refractivity contribution in [1.82, 2.24) is 14.5 Å². The lowest BCUT2D eigenvalue weighted by Crippen LogP contribution is -2.41. The number of halogens is 1. The maximum Gasteiger partial charge on any atom is 0.331 e. The molecule has 158 valence electrons. The molecule has 0 bridgehead atoms. The smallest absolute Gasteiger partial charge is 0.331 e. The van der Waals surface area contributed by atoms with E-state index in [0.29, 0.717) is 22.2 Å². The number of rotatable bonds is 7. The molecule has 0 unspecified atom stereocenters. The molecule has 0 saturated carbocycles. The van der Waals surface area contributed by atoms with E-state index >= 15 is 0 Å². The van der Waals surface area contributed by atoms with Crippen LogP contribution in [0, 0.1) is 5.82 Å². The molecule has 1 N–H and O–H groups in total. The molecule has 31 heavy (non-hydrogen) atoms. The summed E-state index contributed by atoms with van der Waals surface area (Å²) in [5.41, 5.74) is 0.0376. The van der Waals surface area contributed by atoms with Gasteiger partial charge in [-0.1, -0.05) is 24.3 Å². The van der Waals surface area contributed by atoms with Crippen molar-refractivity contribution in [2.75, 3.05) is 0 Å². The molecule has 0 atom stereocenters. The van der Waals surface area contributed by atoms with E-state index in [-0.39, 0.29) is 32.0 Å². The molecular formula is C23H20FN3O4. The second kappa shape index (κ2) is 8.83. The first kappa shape index (κ1) is 20.3. The van der Waals surface area contributed by atoms with Crippen molar-refractivity contribution in [3.05, 3.63) is 105 Å². The standard InChI is InChI=1S/C23H20FN3O4/c24-17-6-3-5-16(13-17)15-27-20-9-2-1-8-19(20)22(29)26(23(27)30)11-10-21(28)25-14-18-7-4-12-31-18/h1-9,12-13H,10-11,14-15H2,(H,25,28). The number of aromatic nitrogens is 2. The van der Waals surface area contributed by atoms with Crippen molar-refractivity contribution < 1.29 is 13.6 Å². The maximum atomic E-state index is 13.6. The average molecular weight is 421 g/mol. The molecule has 4 rings (SSSR count). The third-order valence-corrected chi connectivity index (χ3v) is 4.96. The fourth-order valence-corrected chi connectivity index (χ4v) is 3.44. The van der Waals surface area contributed by atoms with Gasteiger partial charge in [-0.2, -0.15) is 0 Å². The van der Waals surface area contributed by atoms with Gasteiger partial charge in [0.1, 0.15) is 11.6 Å². The summed E-state index contributed by atoms with van der Waals surface area (Å²) in [7, 11) is 0. The van der Waals surface area contributed by atoms with E-state index in [1.807, 2.05) is 0 Å². The molecule has 2 aromatic carbocycles. The molecule has 0 spiro atoms. The summed E-state index contributed by atoms with van der Waals surface area (Å²) >= 11 is 0. The largest absolute Gasteiger partial charge is 0.467 e. The third-order valence-electron chi connectivity index (χ3n) is 4.96. The van der Waals surface area contributed by atoms with Gasteiger partial charge in [0.15, 0.2) is 0 Å². The van der Waals surface area contributed by atoms with Gasteiger partial charge in [-0.3, -0.25) is 18.7 Å². The van der Waals surface area contributed by atoms with Gasteiger partial charge < -0.3 is 9.73 Å². The highest BCUT2D eigenvalue weighted by Gasteiger charge is 2.14. The van der Waals surface area contributed by atoms with E-state index in [1.54, 1.807) is 48.5 Å². The second-order valence-corrected chi connectivity index (χ2v) is 7.08. The number of carbonyl (C=O) groups is 1. The van der Waals surface area contributed by atoms with Crippen LogP contribution in [0.25, 0.3) is 10.9 Å². The molecule has 7 nitrogen and oxygen atoms in total. The van der Waals surface area contributed by atoms with Crippen molar-refractivity contribution >= 4 is 16.8 Å². The minimum absolute atomic E-state index is 0.0475. The fraction of sp³-hybridized carbons (Fsp3) is 0.174. The molecule has 0 fully saturated rings. The van der Waals surface area contributed by atoms with Gasteiger partial charge in [0.05, 0.1) is 30.3 Å². The number of hydrogen-bond acceptors (Lipinski definition) is 4. The molecule has 0 aliphatic heterocycles. The summed E-state index contributed by atoms with van der Waals surface area (Å²) in [6.45, 7) is 0.250. The number of furan rings is 1. The molecule has 4 aromatic rings. The van der Waals surface area contributed by atoms with E-state index in [2.05, 4.69) is 5.32 Å². The fourth-order valence-electron chi connectivity index (χ4n) is 3.44. The van der Waals surface area contributed by atoms with E-state index in [9.17, 15) is 18.8 Å². The lowest BCUT2D eigenvalue weighted by atomic mass is 10.2. The quantitative estimate of drug-likeness (QED) is 0.497. The number of nitrogens with zero attached hydrogens (tertiary/aromatic N) is 2. The van der Waals surface area contributed by atoms with E-state index in [4.69, 9.17) is 4.42 Å². The lowest BCUT2D eigenvalue weighted by Gasteiger charge is -2.14. The molecule has 2 heterocycles. The SMILES string of the molecule is O=C(CCn1c(=O)c2ccccc2n(Cc2cccc(F)c2)c1=O)NCc1ccco1. The van der Waals surface area contributed by atoms with Crippen molar-refractivity contribution in [3.63, 3.8) is 0 Å². The highest BCUT2D eigenvalue weighted by molar-refractivity contribution is 5.78. The predicted octanol–water partition coefficient (Wildman–Crippen LogP) is 2.65. The minimum atomic E-state index is -0.549.